The van der Waals surface area contributed by atoms with Crippen molar-refractivity contribution in [2.75, 3.05) is 0 Å². The van der Waals surface area contributed by atoms with Crippen molar-refractivity contribution >= 4 is 17.6 Å². The number of carbonyl (C=O) groups excluding carboxylic acids is 1. The Balaban J connectivity index is 1.42. The van der Waals surface area contributed by atoms with Gasteiger partial charge < -0.3 is 9.15 Å². The Morgan fingerprint density at radius 3 is 2.48 bits per heavy atom. The average Bonchev–Trinajstić information content (AvgIpc) is 3.33. The number of halogens is 1. The van der Waals surface area contributed by atoms with E-state index in [0.717, 1.165) is 24.0 Å². The van der Waals surface area contributed by atoms with Gasteiger partial charge in [-0.25, -0.2) is 0 Å². The van der Waals surface area contributed by atoms with E-state index in [1.165, 1.54) is 0 Å². The van der Waals surface area contributed by atoms with Crippen LogP contribution in [0.5, 0.6) is 0 Å². The van der Waals surface area contributed by atoms with Crippen molar-refractivity contribution in [3.8, 4) is 11.5 Å². The van der Waals surface area contributed by atoms with E-state index < -0.39 is 5.41 Å². The lowest BCUT2D eigenvalue weighted by Gasteiger charge is -2.13. The summed E-state index contributed by atoms with van der Waals surface area (Å²) in [5.41, 5.74) is 1.24. The monoisotopic (exact) mass is 354 g/mol. The van der Waals surface area contributed by atoms with E-state index in [9.17, 15) is 4.79 Å². The zero-order valence-electron chi connectivity index (χ0n) is 13.3. The van der Waals surface area contributed by atoms with Gasteiger partial charge in [0.25, 0.3) is 5.89 Å². The third-order valence-electron chi connectivity index (χ3n) is 4.35. The molecule has 25 heavy (non-hydrogen) atoms. The maximum absolute atomic E-state index is 12.5. The molecule has 1 fully saturated rings. The number of benzene rings is 2. The van der Waals surface area contributed by atoms with E-state index in [1.54, 1.807) is 24.3 Å². The van der Waals surface area contributed by atoms with Gasteiger partial charge in [0.05, 0.1) is 5.41 Å². The molecule has 0 saturated heterocycles. The Hall–Kier alpha value is -2.66. The summed E-state index contributed by atoms with van der Waals surface area (Å²) in [4.78, 5) is 12.5. The molecular formula is C19H15ClN2O3. The van der Waals surface area contributed by atoms with E-state index >= 15 is 0 Å². The highest BCUT2D eigenvalue weighted by Crippen LogP contribution is 2.49. The number of hydrogen-bond donors (Lipinski definition) is 0. The summed E-state index contributed by atoms with van der Waals surface area (Å²) >= 11 is 5.86. The largest absolute Gasteiger partial charge is 0.455 e. The summed E-state index contributed by atoms with van der Waals surface area (Å²) in [6, 6.07) is 16.8. The fourth-order valence-corrected chi connectivity index (χ4v) is 2.91. The molecule has 0 amide bonds. The lowest BCUT2D eigenvalue weighted by Crippen LogP contribution is -2.23. The first-order valence-electron chi connectivity index (χ1n) is 7.98. The number of rotatable bonds is 5. The first kappa shape index (κ1) is 15.8. The minimum absolute atomic E-state index is 0.0337. The number of carbonyl (C=O) groups is 1. The molecule has 1 aliphatic rings. The summed E-state index contributed by atoms with van der Waals surface area (Å²) in [5, 5.41) is 8.55. The van der Waals surface area contributed by atoms with Crippen LogP contribution in [0.25, 0.3) is 11.5 Å². The molecule has 0 spiro atoms. The second-order valence-electron chi connectivity index (χ2n) is 6.03. The lowest BCUT2D eigenvalue weighted by molar-refractivity contribution is -0.148. The van der Waals surface area contributed by atoms with Crippen LogP contribution < -0.4 is 0 Å². The third-order valence-corrected chi connectivity index (χ3v) is 4.60. The molecule has 1 saturated carbocycles. The maximum Gasteiger partial charge on any atom is 0.317 e. The number of nitrogens with zero attached hydrogens (tertiary/aromatic N) is 2. The quantitative estimate of drug-likeness (QED) is 0.643. The van der Waals surface area contributed by atoms with Crippen LogP contribution in [0.1, 0.15) is 24.3 Å². The van der Waals surface area contributed by atoms with Gasteiger partial charge in [0.2, 0.25) is 5.89 Å². The molecule has 1 heterocycles. The SMILES string of the molecule is O=C(OCc1nnc(-c2ccc(Cl)cc2)o1)C1(c2ccccc2)CC1. The Bertz CT molecular complexity index is 887. The fourth-order valence-electron chi connectivity index (χ4n) is 2.78. The summed E-state index contributed by atoms with van der Waals surface area (Å²) in [6.45, 7) is -0.0337. The Labute approximate surface area is 149 Å². The Morgan fingerprint density at radius 2 is 1.80 bits per heavy atom. The van der Waals surface area contributed by atoms with Crippen molar-refractivity contribution in [2.24, 2.45) is 0 Å². The fraction of sp³-hybridized carbons (Fsp3) is 0.211. The van der Waals surface area contributed by atoms with Crippen LogP contribution in [0.15, 0.2) is 59.0 Å². The van der Waals surface area contributed by atoms with Crippen molar-refractivity contribution in [1.82, 2.24) is 10.2 Å². The highest BCUT2D eigenvalue weighted by Gasteiger charge is 2.52. The topological polar surface area (TPSA) is 65.2 Å². The number of aromatic nitrogens is 2. The van der Waals surface area contributed by atoms with Crippen LogP contribution in [0, 0.1) is 0 Å². The maximum atomic E-state index is 12.5. The molecule has 6 heteroatoms. The van der Waals surface area contributed by atoms with E-state index in [2.05, 4.69) is 10.2 Å². The first-order valence-corrected chi connectivity index (χ1v) is 8.36. The number of ether oxygens (including phenoxy) is 1. The third kappa shape index (κ3) is 3.15. The average molecular weight is 355 g/mol. The minimum Gasteiger partial charge on any atom is -0.455 e. The van der Waals surface area contributed by atoms with Gasteiger partial charge in [0.15, 0.2) is 6.61 Å². The molecule has 0 atom stereocenters. The Kier molecular flexibility index (Phi) is 4.01. The number of esters is 1. The van der Waals surface area contributed by atoms with Crippen molar-refractivity contribution in [2.45, 2.75) is 24.9 Å². The van der Waals surface area contributed by atoms with Crippen LogP contribution in [-0.2, 0) is 21.6 Å². The molecule has 2 aromatic carbocycles. The highest BCUT2D eigenvalue weighted by molar-refractivity contribution is 6.30. The molecule has 126 valence electrons. The van der Waals surface area contributed by atoms with E-state index in [1.807, 2.05) is 30.3 Å². The van der Waals surface area contributed by atoms with Gasteiger partial charge in [-0.3, -0.25) is 4.79 Å². The predicted molar refractivity (Wildman–Crippen MR) is 91.9 cm³/mol. The normalized spacial score (nSPS) is 14.9. The molecule has 5 nitrogen and oxygen atoms in total. The van der Waals surface area contributed by atoms with Gasteiger partial charge in [-0.05, 0) is 42.7 Å². The van der Waals surface area contributed by atoms with E-state index in [-0.39, 0.29) is 18.5 Å². The molecular weight excluding hydrogens is 340 g/mol. The minimum atomic E-state index is -0.514. The summed E-state index contributed by atoms with van der Waals surface area (Å²) in [7, 11) is 0. The van der Waals surface area contributed by atoms with Crippen molar-refractivity contribution in [1.29, 1.82) is 0 Å². The second-order valence-corrected chi connectivity index (χ2v) is 6.47. The van der Waals surface area contributed by atoms with Gasteiger partial charge in [-0.15, -0.1) is 10.2 Å². The van der Waals surface area contributed by atoms with Crippen LogP contribution in [0.3, 0.4) is 0 Å². The van der Waals surface area contributed by atoms with Crippen LogP contribution in [0.2, 0.25) is 5.02 Å². The Morgan fingerprint density at radius 1 is 1.08 bits per heavy atom. The molecule has 1 aromatic heterocycles. The summed E-state index contributed by atoms with van der Waals surface area (Å²) < 4.78 is 11.0. The van der Waals surface area contributed by atoms with Crippen LogP contribution in [-0.4, -0.2) is 16.2 Å². The van der Waals surface area contributed by atoms with Gasteiger partial charge in [0, 0.05) is 10.6 Å². The van der Waals surface area contributed by atoms with Crippen molar-refractivity contribution in [3.63, 3.8) is 0 Å². The number of hydrogen-bond acceptors (Lipinski definition) is 5. The van der Waals surface area contributed by atoms with Gasteiger partial charge >= 0.3 is 5.97 Å². The molecule has 1 aliphatic carbocycles. The van der Waals surface area contributed by atoms with Gasteiger partial charge in [-0.2, -0.15) is 0 Å². The molecule has 4 rings (SSSR count). The smallest absolute Gasteiger partial charge is 0.317 e. The standard InChI is InChI=1S/C19H15ClN2O3/c20-15-8-6-13(7-9-15)17-22-21-16(25-17)12-24-18(23)19(10-11-19)14-4-2-1-3-5-14/h1-9H,10-12H2. The molecule has 0 aliphatic heterocycles. The van der Waals surface area contributed by atoms with Crippen LogP contribution in [0.4, 0.5) is 0 Å². The molecule has 0 bridgehead atoms. The summed E-state index contributed by atoms with van der Waals surface area (Å²) in [6.07, 6.45) is 1.60. The zero-order chi connectivity index (χ0) is 17.3. The van der Waals surface area contributed by atoms with Crippen LogP contribution >= 0.6 is 11.6 Å². The van der Waals surface area contributed by atoms with E-state index in [4.69, 9.17) is 20.8 Å². The molecule has 0 radical (unpaired) electrons. The predicted octanol–water partition coefficient (Wildman–Crippen LogP) is 4.17. The van der Waals surface area contributed by atoms with Gasteiger partial charge in [0.1, 0.15) is 0 Å². The molecule has 3 aromatic rings. The summed E-state index contributed by atoms with van der Waals surface area (Å²) in [5.74, 6) is 0.388. The molecule has 0 unspecified atom stereocenters. The highest BCUT2D eigenvalue weighted by atomic mass is 35.5. The molecule has 0 N–H and O–H groups in total. The van der Waals surface area contributed by atoms with Gasteiger partial charge in [-0.1, -0.05) is 41.9 Å². The van der Waals surface area contributed by atoms with Crippen molar-refractivity contribution in [3.05, 3.63) is 71.1 Å². The second kappa shape index (κ2) is 6.33. The zero-order valence-corrected chi connectivity index (χ0v) is 14.1. The van der Waals surface area contributed by atoms with Crippen molar-refractivity contribution < 1.29 is 13.9 Å². The van der Waals surface area contributed by atoms with E-state index in [0.29, 0.717) is 10.9 Å². The lowest BCUT2D eigenvalue weighted by atomic mass is 9.96. The first-order chi connectivity index (χ1) is 12.2.